The van der Waals surface area contributed by atoms with Crippen molar-refractivity contribution < 1.29 is 0 Å². The van der Waals surface area contributed by atoms with Gasteiger partial charge in [-0.3, -0.25) is 0 Å². The highest BCUT2D eigenvalue weighted by molar-refractivity contribution is 7.14. The Morgan fingerprint density at radius 2 is 2.38 bits per heavy atom. The first-order valence-corrected chi connectivity index (χ1v) is 5.97. The monoisotopic (exact) mass is 217 g/mol. The van der Waals surface area contributed by atoms with E-state index in [1.165, 1.54) is 18.4 Å². The lowest BCUT2D eigenvalue weighted by Crippen LogP contribution is -2.19. The van der Waals surface area contributed by atoms with E-state index in [2.05, 4.69) is 24.5 Å². The van der Waals surface area contributed by atoms with E-state index in [9.17, 15) is 0 Å². The van der Waals surface area contributed by atoms with Gasteiger partial charge in [0.2, 0.25) is 0 Å². The average molecular weight is 218 g/mol. The van der Waals surface area contributed by atoms with Crippen molar-refractivity contribution in [2.45, 2.75) is 32.7 Å². The Kier molecular flexibility index (Phi) is 4.78. The zero-order valence-corrected chi connectivity index (χ0v) is 9.71. The molecule has 74 valence electrons. The van der Waals surface area contributed by atoms with Crippen LogP contribution >= 0.6 is 22.9 Å². The summed E-state index contributed by atoms with van der Waals surface area (Å²) in [5, 5.41) is 5.58. The summed E-state index contributed by atoms with van der Waals surface area (Å²) in [7, 11) is 0. The van der Waals surface area contributed by atoms with Crippen molar-refractivity contribution in [2.24, 2.45) is 0 Å². The quantitative estimate of drug-likeness (QED) is 0.739. The number of hydrogen-bond donors (Lipinski definition) is 1. The van der Waals surface area contributed by atoms with Crippen LogP contribution in [0.3, 0.4) is 0 Å². The summed E-state index contributed by atoms with van der Waals surface area (Å²) in [6, 6.07) is 2.46. The highest BCUT2D eigenvalue weighted by atomic mass is 35.5. The fraction of sp³-hybridized carbons (Fsp3) is 0.600. The van der Waals surface area contributed by atoms with Gasteiger partial charge in [-0.2, -0.15) is 0 Å². The topological polar surface area (TPSA) is 12.0 Å². The second-order valence-corrected chi connectivity index (χ2v) is 4.76. The third-order valence-electron chi connectivity index (χ3n) is 2.07. The molecule has 3 heteroatoms. The molecule has 0 aliphatic heterocycles. The Bertz CT molecular complexity index is 247. The second-order valence-electron chi connectivity index (χ2n) is 3.21. The molecule has 0 amide bonds. The van der Waals surface area contributed by atoms with Gasteiger partial charge in [-0.05, 0) is 36.9 Å². The maximum Gasteiger partial charge on any atom is 0.0931 e. The molecule has 0 spiro atoms. The lowest BCUT2D eigenvalue weighted by molar-refractivity contribution is 0.556. The molecule has 0 saturated heterocycles. The first-order valence-electron chi connectivity index (χ1n) is 4.71. The van der Waals surface area contributed by atoms with E-state index in [1.54, 1.807) is 11.3 Å². The predicted octanol–water partition coefficient (Wildman–Crippen LogP) is 3.85. The fourth-order valence-corrected chi connectivity index (χ4v) is 2.15. The van der Waals surface area contributed by atoms with E-state index in [4.69, 9.17) is 11.6 Å². The molecule has 0 aromatic carbocycles. The molecular weight excluding hydrogens is 202 g/mol. The van der Waals surface area contributed by atoms with Crippen molar-refractivity contribution >= 4 is 22.9 Å². The molecular formula is C10H16ClNS. The maximum atomic E-state index is 5.86. The van der Waals surface area contributed by atoms with E-state index in [0.717, 1.165) is 10.9 Å². The number of unbranched alkanes of at least 4 members (excludes halogenated alkanes) is 1. The lowest BCUT2D eigenvalue weighted by atomic mass is 10.2. The van der Waals surface area contributed by atoms with Gasteiger partial charge in [0.15, 0.2) is 0 Å². The second kappa shape index (κ2) is 5.63. The minimum Gasteiger partial charge on any atom is -0.310 e. The molecule has 0 bridgehead atoms. The summed E-state index contributed by atoms with van der Waals surface area (Å²) in [6.07, 6.45) is 2.48. The molecule has 1 atom stereocenters. The van der Waals surface area contributed by atoms with Gasteiger partial charge >= 0.3 is 0 Å². The van der Waals surface area contributed by atoms with Crippen molar-refractivity contribution in [1.82, 2.24) is 5.32 Å². The maximum absolute atomic E-state index is 5.86. The molecule has 0 radical (unpaired) electrons. The Hall–Kier alpha value is -0.0500. The van der Waals surface area contributed by atoms with E-state index in [0.29, 0.717) is 6.04 Å². The zero-order chi connectivity index (χ0) is 9.68. The number of thiophene rings is 1. The van der Waals surface area contributed by atoms with Crippen LogP contribution in [0.4, 0.5) is 0 Å². The van der Waals surface area contributed by atoms with Gasteiger partial charge < -0.3 is 5.32 Å². The summed E-state index contributed by atoms with van der Waals surface area (Å²) in [4.78, 5) is 0. The van der Waals surface area contributed by atoms with Crippen LogP contribution in [-0.4, -0.2) is 6.54 Å². The summed E-state index contributed by atoms with van der Waals surface area (Å²) in [6.45, 7) is 5.47. The van der Waals surface area contributed by atoms with E-state index in [-0.39, 0.29) is 0 Å². The van der Waals surface area contributed by atoms with E-state index < -0.39 is 0 Å². The zero-order valence-electron chi connectivity index (χ0n) is 8.14. The molecule has 0 aliphatic carbocycles. The summed E-state index contributed by atoms with van der Waals surface area (Å²) >= 11 is 7.45. The smallest absolute Gasteiger partial charge is 0.0931 e. The van der Waals surface area contributed by atoms with Gasteiger partial charge in [-0.15, -0.1) is 11.3 Å². The van der Waals surface area contributed by atoms with Crippen LogP contribution in [-0.2, 0) is 0 Å². The van der Waals surface area contributed by atoms with Crippen LogP contribution in [0, 0.1) is 0 Å². The normalized spacial score (nSPS) is 13.2. The molecule has 1 aromatic rings. The van der Waals surface area contributed by atoms with Crippen LogP contribution in [0.1, 0.15) is 38.3 Å². The minimum absolute atomic E-state index is 0.426. The van der Waals surface area contributed by atoms with Crippen LogP contribution < -0.4 is 5.32 Å². The van der Waals surface area contributed by atoms with Gasteiger partial charge in [0.05, 0.1) is 4.34 Å². The molecule has 1 rings (SSSR count). The fourth-order valence-electron chi connectivity index (χ4n) is 1.16. The molecule has 1 nitrogen and oxygen atoms in total. The highest BCUT2D eigenvalue weighted by Gasteiger charge is 2.05. The van der Waals surface area contributed by atoms with Gasteiger partial charge in [0.1, 0.15) is 0 Å². The summed E-state index contributed by atoms with van der Waals surface area (Å²) in [5.41, 5.74) is 1.30. The largest absolute Gasteiger partial charge is 0.310 e. The van der Waals surface area contributed by atoms with Gasteiger partial charge in [-0.1, -0.05) is 24.9 Å². The Labute approximate surface area is 89.1 Å². The minimum atomic E-state index is 0.426. The van der Waals surface area contributed by atoms with Gasteiger partial charge in [0.25, 0.3) is 0 Å². The average Bonchev–Trinajstić information content (AvgIpc) is 2.52. The van der Waals surface area contributed by atoms with Crippen LogP contribution in [0.25, 0.3) is 0 Å². The molecule has 0 aliphatic rings. The van der Waals surface area contributed by atoms with Crippen LogP contribution in [0.15, 0.2) is 11.4 Å². The van der Waals surface area contributed by atoms with Crippen molar-refractivity contribution in [3.63, 3.8) is 0 Å². The standard InChI is InChI=1S/C10H16ClNS/c1-3-4-5-12-8(2)9-6-10(11)13-7-9/h6-8,12H,3-5H2,1-2H3. The third-order valence-corrected chi connectivity index (χ3v) is 3.18. The predicted molar refractivity (Wildman–Crippen MR) is 60.7 cm³/mol. The molecule has 1 N–H and O–H groups in total. The Balaban J connectivity index is 2.35. The number of rotatable bonds is 5. The first kappa shape index (κ1) is 11.0. The Morgan fingerprint density at radius 3 is 2.92 bits per heavy atom. The van der Waals surface area contributed by atoms with Crippen molar-refractivity contribution in [3.05, 3.63) is 21.3 Å². The summed E-state index contributed by atoms with van der Waals surface area (Å²) in [5.74, 6) is 0. The highest BCUT2D eigenvalue weighted by Crippen LogP contribution is 2.24. The lowest BCUT2D eigenvalue weighted by Gasteiger charge is -2.11. The van der Waals surface area contributed by atoms with Crippen molar-refractivity contribution in [2.75, 3.05) is 6.54 Å². The van der Waals surface area contributed by atoms with Crippen LogP contribution in [0.5, 0.6) is 0 Å². The van der Waals surface area contributed by atoms with E-state index >= 15 is 0 Å². The number of nitrogens with one attached hydrogen (secondary N) is 1. The number of hydrogen-bond acceptors (Lipinski definition) is 2. The van der Waals surface area contributed by atoms with Crippen LogP contribution in [0.2, 0.25) is 4.34 Å². The molecule has 0 saturated carbocycles. The number of halogens is 1. The first-order chi connectivity index (χ1) is 6.24. The molecule has 1 aromatic heterocycles. The molecule has 1 heterocycles. The Morgan fingerprint density at radius 1 is 1.62 bits per heavy atom. The van der Waals surface area contributed by atoms with Gasteiger partial charge in [0, 0.05) is 6.04 Å². The summed E-state index contributed by atoms with van der Waals surface area (Å²) < 4.78 is 0.874. The van der Waals surface area contributed by atoms with Crippen molar-refractivity contribution in [1.29, 1.82) is 0 Å². The molecule has 13 heavy (non-hydrogen) atoms. The van der Waals surface area contributed by atoms with Gasteiger partial charge in [-0.25, -0.2) is 0 Å². The van der Waals surface area contributed by atoms with E-state index in [1.807, 2.05) is 6.07 Å². The SMILES string of the molecule is CCCCNC(C)c1csc(Cl)c1. The van der Waals surface area contributed by atoms with Crippen molar-refractivity contribution in [3.8, 4) is 0 Å². The molecule has 0 fully saturated rings. The molecule has 1 unspecified atom stereocenters. The third kappa shape index (κ3) is 3.67.